The van der Waals surface area contributed by atoms with E-state index in [1.54, 1.807) is 25.1 Å². The highest BCUT2D eigenvalue weighted by Gasteiger charge is 2.40. The summed E-state index contributed by atoms with van der Waals surface area (Å²) in [6, 6.07) is 12.4. The molecule has 0 bridgehead atoms. The third-order valence-electron chi connectivity index (χ3n) is 3.99. The highest BCUT2D eigenvalue weighted by Crippen LogP contribution is 2.31. The second-order valence-corrected chi connectivity index (χ2v) is 6.13. The van der Waals surface area contributed by atoms with Crippen LogP contribution in [-0.4, -0.2) is 17.9 Å². The number of anilines is 2. The van der Waals surface area contributed by atoms with Gasteiger partial charge in [-0.2, -0.15) is 0 Å². The van der Waals surface area contributed by atoms with Crippen LogP contribution in [0.4, 0.5) is 11.4 Å². The summed E-state index contributed by atoms with van der Waals surface area (Å²) in [7, 11) is 0. The van der Waals surface area contributed by atoms with Crippen molar-refractivity contribution in [2.45, 2.75) is 26.3 Å². The number of hydrogen-bond acceptors (Lipinski definition) is 3. The van der Waals surface area contributed by atoms with Crippen LogP contribution in [0.15, 0.2) is 42.5 Å². The molecule has 118 valence electrons. The van der Waals surface area contributed by atoms with Gasteiger partial charge in [-0.15, -0.1) is 0 Å². The van der Waals surface area contributed by atoms with Crippen molar-refractivity contribution in [1.82, 2.24) is 0 Å². The monoisotopic (exact) mass is 328 g/mol. The third kappa shape index (κ3) is 2.94. The molecule has 0 radical (unpaired) electrons. The first-order chi connectivity index (χ1) is 11.0. The molecule has 0 unspecified atom stereocenters. The minimum absolute atomic E-state index is 0.138. The third-order valence-corrected chi connectivity index (χ3v) is 4.40. The first-order valence-corrected chi connectivity index (χ1v) is 7.80. The van der Waals surface area contributed by atoms with Crippen molar-refractivity contribution >= 4 is 34.8 Å². The van der Waals surface area contributed by atoms with Crippen molar-refractivity contribution < 1.29 is 9.59 Å². The minimum atomic E-state index is -0.553. The van der Waals surface area contributed by atoms with Crippen LogP contribution < -0.4 is 10.2 Å². The number of carbonyl (C=O) groups excluding carboxylic acids is 2. The molecule has 1 heterocycles. The fourth-order valence-corrected chi connectivity index (χ4v) is 2.94. The summed E-state index contributed by atoms with van der Waals surface area (Å²) in [5.41, 5.74) is 3.21. The Bertz CT molecular complexity index is 788. The maximum Gasteiger partial charge on any atom is 0.256 e. The fraction of sp³-hybridized carbons (Fsp3) is 0.222. The molecule has 1 aliphatic heterocycles. The van der Waals surface area contributed by atoms with Gasteiger partial charge in [0.05, 0.1) is 12.1 Å². The van der Waals surface area contributed by atoms with Gasteiger partial charge in [0.1, 0.15) is 6.04 Å². The van der Waals surface area contributed by atoms with Crippen LogP contribution in [0.25, 0.3) is 0 Å². The standard InChI is InChI=1S/C18H17ClN2O2/c1-11-5-3-6-13(9-11)20-15-10-17(22)21(18(15)23)16-8-4-7-14(19)12(16)2/h3-9,15,20H,10H2,1-2H3/t15-/m1/s1. The lowest BCUT2D eigenvalue weighted by molar-refractivity contribution is -0.121. The van der Waals surface area contributed by atoms with E-state index in [1.807, 2.05) is 31.2 Å². The summed E-state index contributed by atoms with van der Waals surface area (Å²) in [6.45, 7) is 3.79. The van der Waals surface area contributed by atoms with E-state index >= 15 is 0 Å². The van der Waals surface area contributed by atoms with E-state index in [1.165, 1.54) is 4.90 Å². The number of benzene rings is 2. The van der Waals surface area contributed by atoms with Crippen molar-refractivity contribution in [2.75, 3.05) is 10.2 Å². The molecule has 0 aliphatic carbocycles. The van der Waals surface area contributed by atoms with E-state index in [4.69, 9.17) is 11.6 Å². The molecule has 1 aliphatic rings. The predicted octanol–water partition coefficient (Wildman–Crippen LogP) is 3.70. The second kappa shape index (κ2) is 6.05. The first-order valence-electron chi connectivity index (χ1n) is 7.42. The maximum atomic E-state index is 12.7. The Hall–Kier alpha value is -2.33. The Morgan fingerprint density at radius 2 is 1.87 bits per heavy atom. The maximum absolute atomic E-state index is 12.7. The minimum Gasteiger partial charge on any atom is -0.373 e. The number of aryl methyl sites for hydroxylation is 1. The molecule has 1 fully saturated rings. The number of imide groups is 1. The lowest BCUT2D eigenvalue weighted by Gasteiger charge is -2.18. The van der Waals surface area contributed by atoms with Crippen molar-refractivity contribution in [1.29, 1.82) is 0 Å². The quantitative estimate of drug-likeness (QED) is 0.874. The van der Waals surface area contributed by atoms with Crippen LogP contribution in [0.3, 0.4) is 0 Å². The molecule has 0 aromatic heterocycles. The number of carbonyl (C=O) groups is 2. The molecule has 5 heteroatoms. The van der Waals surface area contributed by atoms with Crippen LogP contribution in [0.2, 0.25) is 5.02 Å². The van der Waals surface area contributed by atoms with Crippen LogP contribution in [0.1, 0.15) is 17.5 Å². The zero-order valence-electron chi connectivity index (χ0n) is 13.0. The van der Waals surface area contributed by atoms with Crippen molar-refractivity contribution in [3.05, 3.63) is 58.6 Å². The molecule has 1 atom stereocenters. The molecule has 2 aromatic carbocycles. The van der Waals surface area contributed by atoms with Crippen LogP contribution in [0.5, 0.6) is 0 Å². The largest absolute Gasteiger partial charge is 0.373 e. The van der Waals surface area contributed by atoms with Gasteiger partial charge in [0.2, 0.25) is 5.91 Å². The SMILES string of the molecule is Cc1cccc(N[C@@H]2CC(=O)N(c3cccc(Cl)c3C)C2=O)c1. The van der Waals surface area contributed by atoms with Gasteiger partial charge in [0, 0.05) is 10.7 Å². The Labute approximate surface area is 140 Å². The summed E-state index contributed by atoms with van der Waals surface area (Å²) in [6.07, 6.45) is 0.138. The van der Waals surface area contributed by atoms with E-state index in [0.29, 0.717) is 10.7 Å². The zero-order chi connectivity index (χ0) is 16.6. The molecule has 2 amide bonds. The normalized spacial score (nSPS) is 17.7. The van der Waals surface area contributed by atoms with Gasteiger partial charge in [-0.1, -0.05) is 29.8 Å². The average Bonchev–Trinajstić information content (AvgIpc) is 2.77. The van der Waals surface area contributed by atoms with Crippen LogP contribution >= 0.6 is 11.6 Å². The highest BCUT2D eigenvalue weighted by atomic mass is 35.5. The molecule has 2 aromatic rings. The molecular formula is C18H17ClN2O2. The fourth-order valence-electron chi connectivity index (χ4n) is 2.77. The van der Waals surface area contributed by atoms with Crippen molar-refractivity contribution in [3.63, 3.8) is 0 Å². The molecule has 4 nitrogen and oxygen atoms in total. The predicted molar refractivity (Wildman–Crippen MR) is 91.9 cm³/mol. The van der Waals surface area contributed by atoms with Gasteiger partial charge >= 0.3 is 0 Å². The average molecular weight is 329 g/mol. The number of hydrogen-bond donors (Lipinski definition) is 1. The smallest absolute Gasteiger partial charge is 0.256 e. The number of nitrogens with zero attached hydrogens (tertiary/aromatic N) is 1. The molecule has 23 heavy (non-hydrogen) atoms. The molecule has 0 saturated carbocycles. The summed E-state index contributed by atoms with van der Waals surface area (Å²) < 4.78 is 0. The van der Waals surface area contributed by atoms with Crippen LogP contribution in [0, 0.1) is 13.8 Å². The van der Waals surface area contributed by atoms with E-state index in [9.17, 15) is 9.59 Å². The number of rotatable bonds is 3. The molecular weight excluding hydrogens is 312 g/mol. The van der Waals surface area contributed by atoms with Gasteiger partial charge in [-0.05, 0) is 49.2 Å². The van der Waals surface area contributed by atoms with E-state index in [2.05, 4.69) is 5.32 Å². The van der Waals surface area contributed by atoms with Gasteiger partial charge in [-0.25, -0.2) is 4.90 Å². The zero-order valence-corrected chi connectivity index (χ0v) is 13.7. The van der Waals surface area contributed by atoms with Gasteiger partial charge in [-0.3, -0.25) is 9.59 Å². The molecule has 0 spiro atoms. The van der Waals surface area contributed by atoms with Gasteiger partial charge < -0.3 is 5.32 Å². The van der Waals surface area contributed by atoms with Gasteiger partial charge in [0.15, 0.2) is 0 Å². The van der Waals surface area contributed by atoms with E-state index in [0.717, 1.165) is 16.8 Å². The summed E-state index contributed by atoms with van der Waals surface area (Å²) in [4.78, 5) is 26.2. The Balaban J connectivity index is 1.87. The van der Waals surface area contributed by atoms with Crippen LogP contribution in [-0.2, 0) is 9.59 Å². The first kappa shape index (κ1) is 15.6. The summed E-state index contributed by atoms with van der Waals surface area (Å²) >= 11 is 6.11. The summed E-state index contributed by atoms with van der Waals surface area (Å²) in [5, 5.41) is 3.69. The summed E-state index contributed by atoms with van der Waals surface area (Å²) in [5.74, 6) is -0.465. The lowest BCUT2D eigenvalue weighted by Crippen LogP contribution is -2.35. The topological polar surface area (TPSA) is 49.4 Å². The van der Waals surface area contributed by atoms with Crippen molar-refractivity contribution in [2.24, 2.45) is 0 Å². The van der Waals surface area contributed by atoms with Crippen molar-refractivity contribution in [3.8, 4) is 0 Å². The van der Waals surface area contributed by atoms with E-state index in [-0.39, 0.29) is 18.2 Å². The second-order valence-electron chi connectivity index (χ2n) is 5.72. The molecule has 3 rings (SSSR count). The number of nitrogens with one attached hydrogen (secondary N) is 1. The Morgan fingerprint density at radius 1 is 1.13 bits per heavy atom. The van der Waals surface area contributed by atoms with E-state index < -0.39 is 6.04 Å². The molecule has 1 saturated heterocycles. The lowest BCUT2D eigenvalue weighted by atomic mass is 10.1. The highest BCUT2D eigenvalue weighted by molar-refractivity contribution is 6.32. The molecule has 1 N–H and O–H groups in total. The number of halogens is 1. The number of amides is 2. The van der Waals surface area contributed by atoms with Gasteiger partial charge in [0.25, 0.3) is 5.91 Å². The Kier molecular flexibility index (Phi) is 4.09. The Morgan fingerprint density at radius 3 is 2.61 bits per heavy atom.